The van der Waals surface area contributed by atoms with E-state index in [4.69, 9.17) is 11.6 Å². The van der Waals surface area contributed by atoms with Crippen molar-refractivity contribution in [3.63, 3.8) is 0 Å². The second-order valence-electron chi connectivity index (χ2n) is 3.58. The number of rotatable bonds is 8. The first kappa shape index (κ1) is 15.0. The summed E-state index contributed by atoms with van der Waals surface area (Å²) >= 11 is 4.86. The van der Waals surface area contributed by atoms with Crippen LogP contribution in [0.1, 0.15) is 39.5 Å². The van der Waals surface area contributed by atoms with Gasteiger partial charge >= 0.3 is 6.05 Å². The zero-order valence-electron chi connectivity index (χ0n) is 9.28. The van der Waals surface area contributed by atoms with Crippen LogP contribution in [-0.2, 0) is 0 Å². The van der Waals surface area contributed by atoms with Crippen LogP contribution in [0.3, 0.4) is 0 Å². The van der Waals surface area contributed by atoms with E-state index in [1.165, 1.54) is 0 Å². The summed E-state index contributed by atoms with van der Waals surface area (Å²) in [6.45, 7) is 4.20. The third kappa shape index (κ3) is 5.07. The second-order valence-corrected chi connectivity index (χ2v) is 3.97. The van der Waals surface area contributed by atoms with Crippen molar-refractivity contribution in [2.75, 3.05) is 13.1 Å². The Morgan fingerprint density at radius 1 is 1.13 bits per heavy atom. The van der Waals surface area contributed by atoms with E-state index in [1.54, 1.807) is 0 Å². The molecule has 0 aliphatic heterocycles. The van der Waals surface area contributed by atoms with Gasteiger partial charge in [0.05, 0.1) is 0 Å². The van der Waals surface area contributed by atoms with Crippen molar-refractivity contribution in [3.05, 3.63) is 0 Å². The zero-order chi connectivity index (χ0) is 11.9. The quantitative estimate of drug-likeness (QED) is 0.461. The van der Waals surface area contributed by atoms with Crippen molar-refractivity contribution in [1.29, 1.82) is 0 Å². The molecule has 92 valence electrons. The molecule has 0 aliphatic carbocycles. The molecule has 0 saturated heterocycles. The van der Waals surface area contributed by atoms with Gasteiger partial charge in [-0.15, -0.1) is 0 Å². The lowest BCUT2D eigenvalue weighted by atomic mass is 10.2. The van der Waals surface area contributed by atoms with Gasteiger partial charge in [0.1, 0.15) is 0 Å². The van der Waals surface area contributed by atoms with Gasteiger partial charge in [0.25, 0.3) is 5.63 Å². The molecule has 1 atom stereocenters. The van der Waals surface area contributed by atoms with Crippen LogP contribution in [-0.4, -0.2) is 29.7 Å². The average Bonchev–Trinajstić information content (AvgIpc) is 2.17. The molecule has 0 N–H and O–H groups in total. The Bertz CT molecular complexity index is 157. The van der Waals surface area contributed by atoms with Gasteiger partial charge in [0, 0.05) is 13.1 Å². The van der Waals surface area contributed by atoms with E-state index in [2.05, 4.69) is 0 Å². The lowest BCUT2D eigenvalue weighted by Crippen LogP contribution is -2.47. The lowest BCUT2D eigenvalue weighted by molar-refractivity contribution is -0.171. The number of hydrogen-bond acceptors (Lipinski definition) is 1. The molecule has 5 heteroatoms. The second kappa shape index (κ2) is 7.34. The SMILES string of the molecule is CCCCN(CCCC)C(F)(F)C(F)Cl. The molecule has 0 aromatic heterocycles. The predicted molar refractivity (Wildman–Crippen MR) is 57.1 cm³/mol. The first-order valence-corrected chi connectivity index (χ1v) is 5.81. The van der Waals surface area contributed by atoms with Crippen LogP contribution in [0.15, 0.2) is 0 Å². The molecule has 1 unspecified atom stereocenters. The minimum absolute atomic E-state index is 0.191. The van der Waals surface area contributed by atoms with Crippen molar-refractivity contribution < 1.29 is 13.2 Å². The van der Waals surface area contributed by atoms with E-state index in [0.29, 0.717) is 12.8 Å². The minimum Gasteiger partial charge on any atom is -0.241 e. The Kier molecular flexibility index (Phi) is 7.36. The fourth-order valence-electron chi connectivity index (χ4n) is 1.25. The van der Waals surface area contributed by atoms with Gasteiger partial charge in [0.2, 0.25) is 0 Å². The van der Waals surface area contributed by atoms with Crippen molar-refractivity contribution in [2.24, 2.45) is 0 Å². The lowest BCUT2D eigenvalue weighted by Gasteiger charge is -2.31. The molecule has 0 spiro atoms. The highest BCUT2D eigenvalue weighted by Crippen LogP contribution is 2.29. The summed E-state index contributed by atoms with van der Waals surface area (Å²) in [5, 5.41) is 0. The van der Waals surface area contributed by atoms with Crippen LogP contribution in [0, 0.1) is 0 Å². The molecular formula is C10H19ClF3N. The Morgan fingerprint density at radius 2 is 1.53 bits per heavy atom. The molecule has 0 aromatic carbocycles. The molecule has 0 bridgehead atoms. The summed E-state index contributed by atoms with van der Waals surface area (Å²) in [4.78, 5) is 0.845. The van der Waals surface area contributed by atoms with Crippen LogP contribution in [0.5, 0.6) is 0 Å². The van der Waals surface area contributed by atoms with Crippen molar-refractivity contribution in [2.45, 2.75) is 51.2 Å². The van der Waals surface area contributed by atoms with E-state index in [1.807, 2.05) is 13.8 Å². The number of nitrogens with zero attached hydrogens (tertiary/aromatic N) is 1. The molecule has 0 rings (SSSR count). The molecule has 0 heterocycles. The van der Waals surface area contributed by atoms with Gasteiger partial charge in [-0.1, -0.05) is 38.3 Å². The fraction of sp³-hybridized carbons (Fsp3) is 1.00. The van der Waals surface area contributed by atoms with E-state index in [9.17, 15) is 13.2 Å². The molecule has 0 radical (unpaired) electrons. The summed E-state index contributed by atoms with van der Waals surface area (Å²) in [6.07, 6.45) is 2.86. The van der Waals surface area contributed by atoms with E-state index < -0.39 is 11.7 Å². The molecule has 0 aliphatic rings. The fourth-order valence-corrected chi connectivity index (χ4v) is 1.38. The number of halogens is 4. The first-order valence-electron chi connectivity index (χ1n) is 5.37. The molecule has 0 saturated carbocycles. The van der Waals surface area contributed by atoms with Crippen LogP contribution in [0.2, 0.25) is 0 Å². The van der Waals surface area contributed by atoms with Gasteiger partial charge in [-0.25, -0.2) is 9.29 Å². The minimum atomic E-state index is -3.55. The van der Waals surface area contributed by atoms with E-state index in [-0.39, 0.29) is 13.1 Å². The maximum absolute atomic E-state index is 13.3. The Morgan fingerprint density at radius 3 is 1.80 bits per heavy atom. The van der Waals surface area contributed by atoms with Crippen LogP contribution in [0.4, 0.5) is 13.2 Å². The van der Waals surface area contributed by atoms with Crippen LogP contribution in [0.25, 0.3) is 0 Å². The number of unbranched alkanes of at least 4 members (excludes halogenated alkanes) is 2. The van der Waals surface area contributed by atoms with Gasteiger partial charge in [-0.05, 0) is 12.8 Å². The van der Waals surface area contributed by atoms with Crippen LogP contribution >= 0.6 is 11.6 Å². The van der Waals surface area contributed by atoms with Crippen LogP contribution < -0.4 is 0 Å². The molecule has 0 amide bonds. The summed E-state index contributed by atoms with van der Waals surface area (Å²) < 4.78 is 39.1. The Balaban J connectivity index is 4.31. The highest BCUT2D eigenvalue weighted by Gasteiger charge is 2.44. The third-order valence-corrected chi connectivity index (χ3v) is 2.51. The van der Waals surface area contributed by atoms with Crippen molar-refractivity contribution in [1.82, 2.24) is 4.90 Å². The Labute approximate surface area is 94.6 Å². The zero-order valence-corrected chi connectivity index (χ0v) is 10.0. The van der Waals surface area contributed by atoms with E-state index in [0.717, 1.165) is 17.7 Å². The summed E-state index contributed by atoms with van der Waals surface area (Å²) in [5.41, 5.74) is -2.63. The van der Waals surface area contributed by atoms with Gasteiger partial charge < -0.3 is 0 Å². The standard InChI is InChI=1S/C10H19ClF3N/c1-3-5-7-15(8-6-4-2)10(13,14)9(11)12/h9H,3-8H2,1-2H3. The maximum atomic E-state index is 13.3. The molecule has 1 nitrogen and oxygen atoms in total. The third-order valence-electron chi connectivity index (χ3n) is 2.25. The predicted octanol–water partition coefficient (Wildman–Crippen LogP) is 4.02. The summed E-state index contributed by atoms with van der Waals surface area (Å²) in [7, 11) is 0. The van der Waals surface area contributed by atoms with Gasteiger partial charge in [0.15, 0.2) is 0 Å². The largest absolute Gasteiger partial charge is 0.349 e. The molecule has 0 fully saturated rings. The molecule has 0 aromatic rings. The number of alkyl halides is 4. The average molecular weight is 246 g/mol. The Hall–Kier alpha value is 0.0400. The summed E-state index contributed by atoms with van der Waals surface area (Å²) in [6, 6.07) is -3.55. The highest BCUT2D eigenvalue weighted by atomic mass is 35.5. The van der Waals surface area contributed by atoms with E-state index >= 15 is 0 Å². The van der Waals surface area contributed by atoms with Crippen molar-refractivity contribution in [3.8, 4) is 0 Å². The normalized spacial score (nSPS) is 14.6. The number of hydrogen-bond donors (Lipinski definition) is 0. The first-order chi connectivity index (χ1) is 6.96. The monoisotopic (exact) mass is 245 g/mol. The topological polar surface area (TPSA) is 3.24 Å². The maximum Gasteiger partial charge on any atom is 0.349 e. The smallest absolute Gasteiger partial charge is 0.241 e. The van der Waals surface area contributed by atoms with Crippen molar-refractivity contribution >= 4 is 11.6 Å². The molecular weight excluding hydrogens is 227 g/mol. The highest BCUT2D eigenvalue weighted by molar-refractivity contribution is 6.20. The van der Waals surface area contributed by atoms with Gasteiger partial charge in [-0.3, -0.25) is 0 Å². The van der Waals surface area contributed by atoms with Gasteiger partial charge in [-0.2, -0.15) is 8.78 Å². The summed E-state index contributed by atoms with van der Waals surface area (Å²) in [5.74, 6) is 0. The molecule has 15 heavy (non-hydrogen) atoms.